The summed E-state index contributed by atoms with van der Waals surface area (Å²) in [5.41, 5.74) is 0.720. The van der Waals surface area contributed by atoms with E-state index in [1.165, 1.54) is 34.8 Å². The Balaban J connectivity index is 1.56. The maximum absolute atomic E-state index is 13.0. The van der Waals surface area contributed by atoms with Gasteiger partial charge in [0.05, 0.1) is 33.0 Å². The molecule has 0 unspecified atom stereocenters. The van der Waals surface area contributed by atoms with E-state index >= 15 is 0 Å². The van der Waals surface area contributed by atoms with Crippen LogP contribution in [0.15, 0.2) is 41.4 Å². The van der Waals surface area contributed by atoms with Gasteiger partial charge in [-0.3, -0.25) is 19.7 Å². The minimum atomic E-state index is -0.475. The van der Waals surface area contributed by atoms with Crippen LogP contribution in [-0.4, -0.2) is 34.8 Å². The van der Waals surface area contributed by atoms with Crippen LogP contribution in [0.1, 0.15) is 23.0 Å². The molecule has 0 saturated carbocycles. The Bertz CT molecular complexity index is 1530. The second-order valence-electron chi connectivity index (χ2n) is 7.27. The molecule has 0 fully saturated rings. The first kappa shape index (κ1) is 22.0. The smallest absolute Gasteiger partial charge is 0.307 e. The average molecular weight is 500 g/mol. The zero-order chi connectivity index (χ0) is 23.8. The molecule has 0 bridgehead atoms. The predicted octanol–water partition coefficient (Wildman–Crippen LogP) is 4.25. The number of rotatable bonds is 6. The lowest BCUT2D eigenvalue weighted by molar-refractivity contribution is -0.384. The van der Waals surface area contributed by atoms with Crippen LogP contribution in [0.2, 0.25) is 0 Å². The van der Waals surface area contributed by atoms with Crippen LogP contribution in [0.25, 0.3) is 20.3 Å². The second-order valence-corrected chi connectivity index (χ2v) is 9.36. The van der Waals surface area contributed by atoms with Gasteiger partial charge in [0.2, 0.25) is 6.79 Å². The number of nitro groups is 1. The van der Waals surface area contributed by atoms with Gasteiger partial charge in [0, 0.05) is 40.9 Å². The number of hydrogen-bond donors (Lipinski definition) is 0. The van der Waals surface area contributed by atoms with Crippen LogP contribution < -0.4 is 14.3 Å². The number of carbonyl (C=O) groups is 2. The summed E-state index contributed by atoms with van der Waals surface area (Å²) in [5.74, 6) is 0.369. The minimum Gasteiger partial charge on any atom is -0.466 e. The Kier molecular flexibility index (Phi) is 5.75. The maximum atomic E-state index is 13.0. The summed E-state index contributed by atoms with van der Waals surface area (Å²) in [5, 5.41) is 11.7. The van der Waals surface area contributed by atoms with Gasteiger partial charge in [-0.15, -0.1) is 11.3 Å². The molecule has 1 amide bonds. The van der Waals surface area contributed by atoms with Crippen molar-refractivity contribution in [2.75, 3.05) is 13.4 Å². The summed E-state index contributed by atoms with van der Waals surface area (Å²) in [6.07, 6.45) is 0.113. The van der Waals surface area contributed by atoms with E-state index in [-0.39, 0.29) is 38.0 Å². The highest BCUT2D eigenvalue weighted by Crippen LogP contribution is 2.37. The van der Waals surface area contributed by atoms with Crippen LogP contribution in [0, 0.1) is 10.1 Å². The van der Waals surface area contributed by atoms with Crippen LogP contribution in [-0.2, 0) is 16.1 Å². The molecule has 5 rings (SSSR count). The quantitative estimate of drug-likeness (QED) is 0.221. The number of carbonyl (C=O) groups excluding carboxylic acids is 2. The summed E-state index contributed by atoms with van der Waals surface area (Å²) < 4.78 is 19.3. The molecule has 10 nitrogen and oxygen atoms in total. The first-order valence-electron chi connectivity index (χ1n) is 10.3. The number of amides is 1. The summed E-state index contributed by atoms with van der Waals surface area (Å²) in [4.78, 5) is 40.7. The van der Waals surface area contributed by atoms with Crippen molar-refractivity contribution < 1.29 is 28.7 Å². The Morgan fingerprint density at radius 1 is 1.15 bits per heavy atom. The molecule has 3 heterocycles. The van der Waals surface area contributed by atoms with Crippen LogP contribution in [0.3, 0.4) is 0 Å². The van der Waals surface area contributed by atoms with Gasteiger partial charge in [0.1, 0.15) is 0 Å². The summed E-state index contributed by atoms with van der Waals surface area (Å²) in [7, 11) is 0. The minimum absolute atomic E-state index is 0.0416. The van der Waals surface area contributed by atoms with E-state index in [4.69, 9.17) is 14.2 Å². The van der Waals surface area contributed by atoms with E-state index in [9.17, 15) is 19.7 Å². The highest BCUT2D eigenvalue weighted by atomic mass is 32.1. The van der Waals surface area contributed by atoms with Gasteiger partial charge < -0.3 is 18.8 Å². The van der Waals surface area contributed by atoms with Crippen LogP contribution in [0.5, 0.6) is 11.5 Å². The fourth-order valence-electron chi connectivity index (χ4n) is 3.59. The number of non-ortho nitro benzene ring substituents is 1. The van der Waals surface area contributed by atoms with Crippen LogP contribution in [0.4, 0.5) is 5.69 Å². The van der Waals surface area contributed by atoms with Crippen molar-refractivity contribution in [1.29, 1.82) is 0 Å². The first-order valence-corrected chi connectivity index (χ1v) is 11.9. The molecule has 0 atom stereocenters. The Hall–Kier alpha value is -3.77. The predicted molar refractivity (Wildman–Crippen MR) is 126 cm³/mol. The molecule has 0 saturated heterocycles. The van der Waals surface area contributed by atoms with E-state index in [2.05, 4.69) is 4.99 Å². The molecule has 12 heteroatoms. The average Bonchev–Trinajstić information content (AvgIpc) is 3.52. The zero-order valence-corrected chi connectivity index (χ0v) is 19.4. The second kappa shape index (κ2) is 8.88. The third-order valence-corrected chi connectivity index (χ3v) is 7.29. The van der Waals surface area contributed by atoms with Crippen molar-refractivity contribution in [2.24, 2.45) is 4.99 Å². The van der Waals surface area contributed by atoms with Gasteiger partial charge in [0.15, 0.2) is 16.3 Å². The molecule has 2 aromatic carbocycles. The SMILES string of the molecule is CCOC(=O)CCn1c(=NC(=O)c2cc3cc([N+](=O)[O-])ccc3s2)sc2cc3c(cc21)OCO3. The van der Waals surface area contributed by atoms with Crippen molar-refractivity contribution in [3.63, 3.8) is 0 Å². The number of nitro benzene ring substituents is 1. The number of thiazole rings is 1. The fourth-order valence-corrected chi connectivity index (χ4v) is 5.58. The van der Waals surface area contributed by atoms with Crippen molar-refractivity contribution in [1.82, 2.24) is 4.57 Å². The number of fused-ring (bicyclic) bond motifs is 3. The number of aromatic nitrogens is 1. The highest BCUT2D eigenvalue weighted by molar-refractivity contribution is 7.21. The molecular weight excluding hydrogens is 482 g/mol. The topological polar surface area (TPSA) is 122 Å². The molecule has 1 aliphatic heterocycles. The van der Waals surface area contributed by atoms with Crippen molar-refractivity contribution in [3.05, 3.63) is 56.2 Å². The number of benzene rings is 2. The van der Waals surface area contributed by atoms with Crippen molar-refractivity contribution in [2.45, 2.75) is 19.9 Å². The van der Waals surface area contributed by atoms with E-state index in [0.29, 0.717) is 26.6 Å². The monoisotopic (exact) mass is 499 g/mol. The lowest BCUT2D eigenvalue weighted by Gasteiger charge is -2.06. The normalized spacial score (nSPS) is 13.0. The fraction of sp³-hybridized carbons (Fsp3) is 0.227. The number of nitrogens with zero attached hydrogens (tertiary/aromatic N) is 3. The standard InChI is InChI=1S/C22H17N3O7S2/c1-2-30-20(26)5-6-24-14-9-15-16(32-11-31-15)10-18(14)34-22(24)23-21(27)19-8-12-7-13(25(28)29)3-4-17(12)33-19/h3-4,7-10H,2,5-6,11H2,1H3. The van der Waals surface area contributed by atoms with Crippen LogP contribution >= 0.6 is 22.7 Å². The van der Waals surface area contributed by atoms with Gasteiger partial charge in [-0.25, -0.2) is 0 Å². The van der Waals surface area contributed by atoms with Gasteiger partial charge in [-0.2, -0.15) is 4.99 Å². The van der Waals surface area contributed by atoms with Crippen molar-refractivity contribution in [3.8, 4) is 11.5 Å². The van der Waals surface area contributed by atoms with Gasteiger partial charge in [-0.1, -0.05) is 11.3 Å². The molecule has 4 aromatic rings. The summed E-state index contributed by atoms with van der Waals surface area (Å²) >= 11 is 2.51. The highest BCUT2D eigenvalue weighted by Gasteiger charge is 2.19. The molecular formula is C22H17N3O7S2. The largest absolute Gasteiger partial charge is 0.466 e. The number of esters is 1. The van der Waals surface area contributed by atoms with Gasteiger partial charge in [-0.05, 0) is 19.1 Å². The van der Waals surface area contributed by atoms with E-state index in [1.807, 2.05) is 6.07 Å². The molecule has 1 aliphatic rings. The third kappa shape index (κ3) is 4.13. The van der Waals surface area contributed by atoms with Gasteiger partial charge >= 0.3 is 5.97 Å². The number of hydrogen-bond acceptors (Lipinski definition) is 9. The third-order valence-electron chi connectivity index (χ3n) is 5.14. The lowest BCUT2D eigenvalue weighted by atomic mass is 10.2. The number of ether oxygens (including phenoxy) is 3. The Labute approximate surface area is 199 Å². The molecule has 34 heavy (non-hydrogen) atoms. The molecule has 0 radical (unpaired) electrons. The first-order chi connectivity index (χ1) is 16.4. The number of thiophene rings is 1. The molecule has 0 aliphatic carbocycles. The molecule has 2 aromatic heterocycles. The zero-order valence-electron chi connectivity index (χ0n) is 17.8. The number of aryl methyl sites for hydroxylation is 1. The molecule has 0 N–H and O–H groups in total. The van der Waals surface area contributed by atoms with E-state index < -0.39 is 10.8 Å². The summed E-state index contributed by atoms with van der Waals surface area (Å²) in [6.45, 7) is 2.43. The Morgan fingerprint density at radius 2 is 1.94 bits per heavy atom. The Morgan fingerprint density at radius 3 is 2.71 bits per heavy atom. The summed E-state index contributed by atoms with van der Waals surface area (Å²) in [6, 6.07) is 9.69. The van der Waals surface area contributed by atoms with E-state index in [0.717, 1.165) is 14.9 Å². The van der Waals surface area contributed by atoms with E-state index in [1.54, 1.807) is 29.7 Å². The molecule has 174 valence electrons. The molecule has 0 spiro atoms. The van der Waals surface area contributed by atoms with Gasteiger partial charge in [0.25, 0.3) is 11.6 Å². The maximum Gasteiger partial charge on any atom is 0.307 e. The van der Waals surface area contributed by atoms with Crippen molar-refractivity contribution >= 4 is 60.5 Å². The lowest BCUT2D eigenvalue weighted by Crippen LogP contribution is -2.19.